The van der Waals surface area contributed by atoms with Gasteiger partial charge in [-0.2, -0.15) is 0 Å². The molecule has 0 spiro atoms. The molecule has 1 saturated heterocycles. The van der Waals surface area contributed by atoms with Crippen LogP contribution in [0.4, 0.5) is 0 Å². The normalized spacial score (nSPS) is 34.6. The quantitative estimate of drug-likeness (QED) is 0.681. The van der Waals surface area contributed by atoms with Gasteiger partial charge in [0.15, 0.2) is 0 Å². The number of rotatable bonds is 1. The van der Waals surface area contributed by atoms with Gasteiger partial charge in [-0.3, -0.25) is 4.79 Å². The highest BCUT2D eigenvalue weighted by Crippen LogP contribution is 2.31. The highest BCUT2D eigenvalue weighted by Gasteiger charge is 2.41. The first-order valence-electron chi connectivity index (χ1n) is 6.03. The molecule has 16 heavy (non-hydrogen) atoms. The zero-order chi connectivity index (χ0) is 11.8. The molecule has 0 bridgehead atoms. The van der Waals surface area contributed by atoms with E-state index in [0.29, 0.717) is 6.04 Å². The summed E-state index contributed by atoms with van der Waals surface area (Å²) in [7, 11) is 0. The molecular weight excluding hydrogens is 206 g/mol. The van der Waals surface area contributed by atoms with E-state index in [1.54, 1.807) is 0 Å². The summed E-state index contributed by atoms with van der Waals surface area (Å²) in [5, 5.41) is 3.40. The standard InChI is InChI=1S/C12H21NO3/c1-12(2,3)16-11(14)8-6-9-10(7-8)15-5-4-13-9/h8-10,13H,4-7H2,1-3H3/t8-,9+,10-/m1/s1. The maximum absolute atomic E-state index is 11.9. The van der Waals surface area contributed by atoms with Crippen LogP contribution in [-0.2, 0) is 14.3 Å². The lowest BCUT2D eigenvalue weighted by Crippen LogP contribution is -2.44. The van der Waals surface area contributed by atoms with Gasteiger partial charge in [-0.25, -0.2) is 0 Å². The number of hydrogen-bond acceptors (Lipinski definition) is 4. The molecule has 1 heterocycles. The van der Waals surface area contributed by atoms with Crippen molar-refractivity contribution in [1.29, 1.82) is 0 Å². The van der Waals surface area contributed by atoms with Crippen LogP contribution in [0.3, 0.4) is 0 Å². The average Bonchev–Trinajstić information content (AvgIpc) is 2.58. The molecule has 1 aliphatic carbocycles. The lowest BCUT2D eigenvalue weighted by molar-refractivity contribution is -0.160. The monoisotopic (exact) mass is 227 g/mol. The Hall–Kier alpha value is -0.610. The fraction of sp³-hybridized carbons (Fsp3) is 0.917. The molecule has 0 unspecified atom stereocenters. The van der Waals surface area contributed by atoms with Gasteiger partial charge in [-0.15, -0.1) is 0 Å². The van der Waals surface area contributed by atoms with E-state index in [9.17, 15) is 4.79 Å². The van der Waals surface area contributed by atoms with E-state index in [4.69, 9.17) is 9.47 Å². The summed E-state index contributed by atoms with van der Waals surface area (Å²) in [4.78, 5) is 11.9. The molecule has 2 fully saturated rings. The molecule has 4 nitrogen and oxygen atoms in total. The fourth-order valence-electron chi connectivity index (χ4n) is 2.43. The summed E-state index contributed by atoms with van der Waals surface area (Å²) < 4.78 is 11.0. The number of hydrogen-bond donors (Lipinski definition) is 1. The third-order valence-corrected chi connectivity index (χ3v) is 3.08. The summed E-state index contributed by atoms with van der Waals surface area (Å²) in [6.07, 6.45) is 1.85. The zero-order valence-electron chi connectivity index (χ0n) is 10.3. The van der Waals surface area contributed by atoms with Crippen molar-refractivity contribution < 1.29 is 14.3 Å². The van der Waals surface area contributed by atoms with Crippen LogP contribution >= 0.6 is 0 Å². The van der Waals surface area contributed by atoms with Gasteiger partial charge in [0.05, 0.1) is 18.6 Å². The topological polar surface area (TPSA) is 47.6 Å². The first-order chi connectivity index (χ1) is 7.46. The largest absolute Gasteiger partial charge is 0.460 e. The van der Waals surface area contributed by atoms with Crippen LogP contribution in [0.5, 0.6) is 0 Å². The minimum Gasteiger partial charge on any atom is -0.460 e. The molecule has 2 aliphatic rings. The molecule has 1 N–H and O–H groups in total. The van der Waals surface area contributed by atoms with E-state index in [0.717, 1.165) is 26.0 Å². The average molecular weight is 227 g/mol. The Morgan fingerprint density at radius 1 is 1.38 bits per heavy atom. The number of morpholine rings is 1. The Labute approximate surface area is 96.7 Å². The molecule has 0 aromatic heterocycles. The van der Waals surface area contributed by atoms with Gasteiger partial charge in [-0.05, 0) is 33.6 Å². The Morgan fingerprint density at radius 3 is 2.75 bits per heavy atom. The first-order valence-corrected chi connectivity index (χ1v) is 6.03. The van der Waals surface area contributed by atoms with Gasteiger partial charge in [0.2, 0.25) is 0 Å². The van der Waals surface area contributed by atoms with Crippen molar-refractivity contribution in [3.8, 4) is 0 Å². The zero-order valence-corrected chi connectivity index (χ0v) is 10.3. The van der Waals surface area contributed by atoms with Crippen molar-refractivity contribution in [1.82, 2.24) is 5.32 Å². The second-order valence-corrected chi connectivity index (χ2v) is 5.67. The van der Waals surface area contributed by atoms with Crippen LogP contribution in [0.25, 0.3) is 0 Å². The molecule has 0 amide bonds. The number of fused-ring (bicyclic) bond motifs is 1. The third-order valence-electron chi connectivity index (χ3n) is 3.08. The van der Waals surface area contributed by atoms with Crippen LogP contribution in [0.15, 0.2) is 0 Å². The van der Waals surface area contributed by atoms with Crippen molar-refractivity contribution in [3.63, 3.8) is 0 Å². The Kier molecular flexibility index (Phi) is 3.22. The number of ether oxygens (including phenoxy) is 2. The molecule has 2 rings (SSSR count). The molecule has 3 atom stereocenters. The van der Waals surface area contributed by atoms with Gasteiger partial charge >= 0.3 is 5.97 Å². The highest BCUT2D eigenvalue weighted by molar-refractivity contribution is 5.73. The van der Waals surface area contributed by atoms with Crippen LogP contribution < -0.4 is 5.32 Å². The number of esters is 1. The summed E-state index contributed by atoms with van der Waals surface area (Å²) >= 11 is 0. The van der Waals surface area contributed by atoms with Gasteiger partial charge in [0.1, 0.15) is 5.60 Å². The summed E-state index contributed by atoms with van der Waals surface area (Å²) in [5.41, 5.74) is -0.390. The third kappa shape index (κ3) is 2.74. The van der Waals surface area contributed by atoms with Crippen molar-refractivity contribution in [2.45, 2.75) is 51.4 Å². The van der Waals surface area contributed by atoms with Crippen LogP contribution in [0.2, 0.25) is 0 Å². The smallest absolute Gasteiger partial charge is 0.309 e. The van der Waals surface area contributed by atoms with E-state index in [1.165, 1.54) is 0 Å². The molecular formula is C12H21NO3. The minimum absolute atomic E-state index is 0.000162. The predicted molar refractivity (Wildman–Crippen MR) is 60.1 cm³/mol. The van der Waals surface area contributed by atoms with Crippen LogP contribution in [0, 0.1) is 5.92 Å². The highest BCUT2D eigenvalue weighted by atomic mass is 16.6. The van der Waals surface area contributed by atoms with Crippen molar-refractivity contribution in [3.05, 3.63) is 0 Å². The van der Waals surface area contributed by atoms with Crippen molar-refractivity contribution in [2.75, 3.05) is 13.2 Å². The second-order valence-electron chi connectivity index (χ2n) is 5.67. The van der Waals surface area contributed by atoms with Crippen molar-refractivity contribution >= 4 is 5.97 Å². The molecule has 0 radical (unpaired) electrons. The van der Waals surface area contributed by atoms with Crippen LogP contribution in [-0.4, -0.2) is 36.9 Å². The SMILES string of the molecule is CC(C)(C)OC(=O)[C@@H]1C[C@@H]2NCCO[C@@H]2C1. The molecule has 4 heteroatoms. The second kappa shape index (κ2) is 4.34. The van der Waals surface area contributed by atoms with Gasteiger partial charge in [-0.1, -0.05) is 0 Å². The van der Waals surface area contributed by atoms with Crippen molar-refractivity contribution in [2.24, 2.45) is 5.92 Å². The molecule has 0 aromatic carbocycles. The molecule has 1 saturated carbocycles. The summed E-state index contributed by atoms with van der Waals surface area (Å²) in [6, 6.07) is 0.339. The Balaban J connectivity index is 1.90. The van der Waals surface area contributed by atoms with Gasteiger partial charge in [0.25, 0.3) is 0 Å². The van der Waals surface area contributed by atoms with Crippen LogP contribution in [0.1, 0.15) is 33.6 Å². The first kappa shape index (κ1) is 11.9. The van der Waals surface area contributed by atoms with E-state index in [1.807, 2.05) is 20.8 Å². The molecule has 92 valence electrons. The summed E-state index contributed by atoms with van der Waals surface area (Å²) in [6.45, 7) is 7.36. The van der Waals surface area contributed by atoms with Gasteiger partial charge in [0, 0.05) is 12.6 Å². The van der Waals surface area contributed by atoms with E-state index in [-0.39, 0.29) is 23.6 Å². The lowest BCUT2D eigenvalue weighted by atomic mass is 10.1. The van der Waals surface area contributed by atoms with E-state index in [2.05, 4.69) is 5.32 Å². The number of nitrogens with one attached hydrogen (secondary N) is 1. The predicted octanol–water partition coefficient (Wildman–Crippen LogP) is 1.10. The summed E-state index contributed by atoms with van der Waals surface area (Å²) in [5.74, 6) is -0.0767. The number of carbonyl (C=O) groups is 1. The van der Waals surface area contributed by atoms with Gasteiger partial charge < -0.3 is 14.8 Å². The molecule has 1 aliphatic heterocycles. The maximum atomic E-state index is 11.9. The molecule has 0 aromatic rings. The fourth-order valence-corrected chi connectivity index (χ4v) is 2.43. The number of carbonyl (C=O) groups excluding carboxylic acids is 1. The lowest BCUT2D eigenvalue weighted by Gasteiger charge is -2.26. The maximum Gasteiger partial charge on any atom is 0.309 e. The van der Waals surface area contributed by atoms with E-state index < -0.39 is 0 Å². The minimum atomic E-state index is -0.390. The Morgan fingerprint density at radius 2 is 2.12 bits per heavy atom. The Bertz CT molecular complexity index is 258. The van der Waals surface area contributed by atoms with E-state index >= 15 is 0 Å².